The third-order valence-electron chi connectivity index (χ3n) is 2.13. The first kappa shape index (κ1) is 9.81. The molecule has 0 bridgehead atoms. The number of hydrogen-bond donors (Lipinski definition) is 0. The van der Waals surface area contributed by atoms with Crippen LogP contribution >= 0.6 is 11.6 Å². The highest BCUT2D eigenvalue weighted by molar-refractivity contribution is 6.30. The summed E-state index contributed by atoms with van der Waals surface area (Å²) < 4.78 is 5.13. The Morgan fingerprint density at radius 2 is 2.42 bits per heavy atom. The molecular weight excluding hydrogens is 178 g/mol. The second-order valence-electron chi connectivity index (χ2n) is 3.05. The minimum absolute atomic E-state index is 0.0104. The summed E-state index contributed by atoms with van der Waals surface area (Å²) in [5.41, 5.74) is 0. The molecule has 0 aromatic carbocycles. The van der Waals surface area contributed by atoms with Gasteiger partial charge in [0.15, 0.2) is 0 Å². The van der Waals surface area contributed by atoms with E-state index in [2.05, 4.69) is 0 Å². The van der Waals surface area contributed by atoms with Crippen molar-refractivity contribution in [1.82, 2.24) is 4.90 Å². The molecule has 3 nitrogen and oxygen atoms in total. The molecule has 0 unspecified atom stereocenters. The van der Waals surface area contributed by atoms with Gasteiger partial charge < -0.3 is 9.64 Å². The molecule has 4 heteroatoms. The summed E-state index contributed by atoms with van der Waals surface area (Å²) in [4.78, 5) is 13.1. The Kier molecular flexibility index (Phi) is 3.35. The van der Waals surface area contributed by atoms with Crippen LogP contribution < -0.4 is 0 Å². The third kappa shape index (κ3) is 2.11. The van der Waals surface area contributed by atoms with Gasteiger partial charge in [-0.1, -0.05) is 0 Å². The second-order valence-corrected chi connectivity index (χ2v) is 3.70. The van der Waals surface area contributed by atoms with Crippen molar-refractivity contribution in [2.75, 3.05) is 20.2 Å². The average molecular weight is 192 g/mol. The van der Waals surface area contributed by atoms with Crippen LogP contribution in [-0.2, 0) is 9.53 Å². The summed E-state index contributed by atoms with van der Waals surface area (Å²) in [6.07, 6.45) is 1.12. The number of carbonyl (C=O) groups is 1. The molecule has 0 spiro atoms. The molecule has 1 saturated heterocycles. The van der Waals surface area contributed by atoms with E-state index in [-0.39, 0.29) is 12.0 Å². The van der Waals surface area contributed by atoms with E-state index in [0.29, 0.717) is 6.54 Å². The minimum atomic E-state index is -0.416. The molecule has 1 fully saturated rings. The molecule has 0 aromatic heterocycles. The maximum atomic E-state index is 11.3. The van der Waals surface area contributed by atoms with Crippen LogP contribution in [0.15, 0.2) is 0 Å². The summed E-state index contributed by atoms with van der Waals surface area (Å²) in [6.45, 7) is 3.16. The molecule has 1 aliphatic rings. The number of hydrogen-bond acceptors (Lipinski definition) is 2. The Balaban J connectivity index is 2.41. The monoisotopic (exact) mass is 191 g/mol. The van der Waals surface area contributed by atoms with E-state index >= 15 is 0 Å². The second kappa shape index (κ2) is 4.10. The molecule has 2 atom stereocenters. The summed E-state index contributed by atoms with van der Waals surface area (Å²) in [7, 11) is 1.67. The Labute approximate surface area is 77.6 Å². The fourth-order valence-corrected chi connectivity index (χ4v) is 1.51. The van der Waals surface area contributed by atoms with Crippen molar-refractivity contribution < 1.29 is 9.53 Å². The molecule has 12 heavy (non-hydrogen) atoms. The van der Waals surface area contributed by atoms with Gasteiger partial charge in [0.1, 0.15) is 5.38 Å². The maximum Gasteiger partial charge on any atom is 0.240 e. The van der Waals surface area contributed by atoms with Crippen LogP contribution in [0.4, 0.5) is 0 Å². The summed E-state index contributed by atoms with van der Waals surface area (Å²) in [5.74, 6) is 0.0104. The van der Waals surface area contributed by atoms with Crippen molar-refractivity contribution in [3.63, 3.8) is 0 Å². The van der Waals surface area contributed by atoms with E-state index in [9.17, 15) is 4.79 Å². The highest BCUT2D eigenvalue weighted by Gasteiger charge is 2.27. The summed E-state index contributed by atoms with van der Waals surface area (Å²) in [6, 6.07) is 0. The standard InChI is InChI=1S/C8H14ClNO2/c1-6(9)8(11)10-4-3-7(5-10)12-2/h6-7H,3-5H2,1-2H3/t6-,7+/m1/s1. The highest BCUT2D eigenvalue weighted by atomic mass is 35.5. The zero-order valence-electron chi connectivity index (χ0n) is 7.42. The number of alkyl halides is 1. The first-order valence-corrected chi connectivity index (χ1v) is 4.54. The van der Waals surface area contributed by atoms with Crippen molar-refractivity contribution in [3.8, 4) is 0 Å². The Bertz CT molecular complexity index is 172. The van der Waals surface area contributed by atoms with Crippen LogP contribution in [0, 0.1) is 0 Å². The lowest BCUT2D eigenvalue weighted by Crippen LogP contribution is -2.34. The molecule has 0 radical (unpaired) electrons. The number of amides is 1. The molecule has 1 amide bonds. The van der Waals surface area contributed by atoms with E-state index < -0.39 is 5.38 Å². The first-order valence-electron chi connectivity index (χ1n) is 4.10. The highest BCUT2D eigenvalue weighted by Crippen LogP contribution is 2.14. The van der Waals surface area contributed by atoms with E-state index in [1.807, 2.05) is 0 Å². The van der Waals surface area contributed by atoms with Gasteiger partial charge in [-0.2, -0.15) is 0 Å². The fraction of sp³-hybridized carbons (Fsp3) is 0.875. The predicted molar refractivity (Wildman–Crippen MR) is 47.3 cm³/mol. The Morgan fingerprint density at radius 1 is 1.75 bits per heavy atom. The SMILES string of the molecule is CO[C@H]1CCN(C(=O)[C@@H](C)Cl)C1. The molecule has 1 rings (SSSR count). The van der Waals surface area contributed by atoms with Crippen LogP contribution in [0.3, 0.4) is 0 Å². The zero-order valence-corrected chi connectivity index (χ0v) is 8.17. The number of carbonyl (C=O) groups excluding carboxylic acids is 1. The molecular formula is C8H14ClNO2. The van der Waals surface area contributed by atoms with E-state index in [0.717, 1.165) is 13.0 Å². The van der Waals surface area contributed by atoms with Gasteiger partial charge in [-0.15, -0.1) is 11.6 Å². The summed E-state index contributed by atoms with van der Waals surface area (Å²) >= 11 is 5.67. The quantitative estimate of drug-likeness (QED) is 0.606. The number of halogens is 1. The molecule has 70 valence electrons. The lowest BCUT2D eigenvalue weighted by molar-refractivity contribution is -0.129. The van der Waals surface area contributed by atoms with Crippen LogP contribution in [0.1, 0.15) is 13.3 Å². The number of likely N-dealkylation sites (tertiary alicyclic amines) is 1. The van der Waals surface area contributed by atoms with E-state index in [1.165, 1.54) is 0 Å². The molecule has 1 aliphatic heterocycles. The third-order valence-corrected chi connectivity index (χ3v) is 2.32. The molecule has 0 aliphatic carbocycles. The van der Waals surface area contributed by atoms with Gasteiger partial charge in [-0.25, -0.2) is 0 Å². The van der Waals surface area contributed by atoms with Gasteiger partial charge in [0.2, 0.25) is 5.91 Å². The normalized spacial score (nSPS) is 25.9. The van der Waals surface area contributed by atoms with Crippen molar-refractivity contribution in [2.45, 2.75) is 24.8 Å². The molecule has 0 saturated carbocycles. The van der Waals surface area contributed by atoms with Gasteiger partial charge in [0.05, 0.1) is 6.10 Å². The summed E-state index contributed by atoms with van der Waals surface area (Å²) in [5, 5.41) is -0.416. The number of rotatable bonds is 2. The molecule has 0 N–H and O–H groups in total. The van der Waals surface area contributed by atoms with Crippen LogP contribution in [-0.4, -0.2) is 42.5 Å². The van der Waals surface area contributed by atoms with Gasteiger partial charge in [-0.05, 0) is 13.3 Å². The Hall–Kier alpha value is -0.280. The lowest BCUT2D eigenvalue weighted by Gasteiger charge is -2.17. The van der Waals surface area contributed by atoms with E-state index in [1.54, 1.807) is 18.9 Å². The molecule has 1 heterocycles. The average Bonchev–Trinajstić information content (AvgIpc) is 2.50. The van der Waals surface area contributed by atoms with Crippen LogP contribution in [0.2, 0.25) is 0 Å². The van der Waals surface area contributed by atoms with Gasteiger partial charge in [0.25, 0.3) is 0 Å². The minimum Gasteiger partial charge on any atom is -0.380 e. The first-order chi connectivity index (χ1) is 5.65. The smallest absolute Gasteiger partial charge is 0.240 e. The Morgan fingerprint density at radius 3 is 2.83 bits per heavy atom. The largest absolute Gasteiger partial charge is 0.380 e. The topological polar surface area (TPSA) is 29.5 Å². The van der Waals surface area contributed by atoms with Crippen molar-refractivity contribution in [2.24, 2.45) is 0 Å². The molecule has 0 aromatic rings. The van der Waals surface area contributed by atoms with Gasteiger partial charge in [-0.3, -0.25) is 4.79 Å². The maximum absolute atomic E-state index is 11.3. The predicted octanol–water partition coefficient (Wildman–Crippen LogP) is 0.861. The number of nitrogens with zero attached hydrogens (tertiary/aromatic N) is 1. The number of ether oxygens (including phenoxy) is 1. The lowest BCUT2D eigenvalue weighted by atomic mass is 10.3. The van der Waals surface area contributed by atoms with Crippen molar-refractivity contribution in [1.29, 1.82) is 0 Å². The van der Waals surface area contributed by atoms with Crippen molar-refractivity contribution in [3.05, 3.63) is 0 Å². The fourth-order valence-electron chi connectivity index (χ4n) is 1.37. The zero-order chi connectivity index (χ0) is 9.14. The van der Waals surface area contributed by atoms with Crippen molar-refractivity contribution >= 4 is 17.5 Å². The number of methoxy groups -OCH3 is 1. The van der Waals surface area contributed by atoms with Crippen LogP contribution in [0.5, 0.6) is 0 Å². The van der Waals surface area contributed by atoms with Gasteiger partial charge in [0, 0.05) is 20.2 Å². The van der Waals surface area contributed by atoms with Gasteiger partial charge >= 0.3 is 0 Å². The van der Waals surface area contributed by atoms with E-state index in [4.69, 9.17) is 16.3 Å². The van der Waals surface area contributed by atoms with Crippen LogP contribution in [0.25, 0.3) is 0 Å².